The number of nitrogens with one attached hydrogen (secondary N) is 2. The molecule has 3 atom stereocenters. The molecule has 8 rings (SSSR count). The molecule has 0 aliphatic rings. The molecule has 0 fully saturated rings. The second-order valence-corrected chi connectivity index (χ2v) is 15.2. The zero-order valence-electron chi connectivity index (χ0n) is 32.8. The molecule has 0 spiro atoms. The van der Waals surface area contributed by atoms with Crippen LogP contribution in [0.5, 0.6) is 0 Å². The van der Waals surface area contributed by atoms with Gasteiger partial charge in [-0.25, -0.2) is 0 Å². The average molecular weight is 743 g/mol. The van der Waals surface area contributed by atoms with Crippen molar-refractivity contribution in [2.45, 2.75) is 37.1 Å². The molecule has 0 bridgehead atoms. The van der Waals surface area contributed by atoms with Gasteiger partial charge in [-0.1, -0.05) is 214 Å². The van der Waals surface area contributed by atoms with Gasteiger partial charge in [0.25, 0.3) is 0 Å². The lowest BCUT2D eigenvalue weighted by Crippen LogP contribution is -2.56. The van der Waals surface area contributed by atoms with E-state index in [4.69, 9.17) is 0 Å². The lowest BCUT2D eigenvalue weighted by Gasteiger charge is -2.52. The number of rotatable bonds is 15. The maximum atomic E-state index is 16.8. The van der Waals surface area contributed by atoms with Crippen LogP contribution in [-0.2, 0) is 22.0 Å². The van der Waals surface area contributed by atoms with Crippen LogP contribution in [0, 0.1) is 11.8 Å². The molecule has 2 N–H and O–H groups in total. The first-order valence-electron chi connectivity index (χ1n) is 20.2. The van der Waals surface area contributed by atoms with E-state index in [1.165, 1.54) is 0 Å². The second kappa shape index (κ2) is 16.8. The lowest BCUT2D eigenvalue weighted by atomic mass is 9.49. The van der Waals surface area contributed by atoms with Crippen molar-refractivity contribution in [1.29, 1.82) is 0 Å². The van der Waals surface area contributed by atoms with Crippen LogP contribution in [0.25, 0.3) is 10.9 Å². The number of hydrogen-bond donors (Lipinski definition) is 2. The third-order valence-corrected chi connectivity index (χ3v) is 12.2. The summed E-state index contributed by atoms with van der Waals surface area (Å²) < 4.78 is 0. The Bertz CT molecular complexity index is 2290. The standard InChI is InChI=1S/C54H50N2O/c1-3-55-50(38-41-39-56-49-37-23-22-36-48(41)49)52(57)51(54(45-30-16-7-17-31-45,46-32-18-8-19-33-46)47-34-20-9-21-35-47)40(2)53(42-24-10-4-11-25-42,43-26-12-5-13-27-43)44-28-14-6-15-29-44/h4-37,39-40,50-51,55-56H,3,38H2,1-2H3. The van der Waals surface area contributed by atoms with Crippen molar-refractivity contribution in [1.82, 2.24) is 10.3 Å². The molecule has 3 heteroatoms. The molecule has 7 aromatic carbocycles. The summed E-state index contributed by atoms with van der Waals surface area (Å²) in [5.74, 6) is -0.722. The fraction of sp³-hybridized carbons (Fsp3) is 0.167. The number of para-hydroxylation sites is 1. The Kier molecular flexibility index (Phi) is 11.1. The van der Waals surface area contributed by atoms with Crippen LogP contribution in [-0.4, -0.2) is 23.4 Å². The Morgan fingerprint density at radius 2 is 0.860 bits per heavy atom. The number of fused-ring (bicyclic) bond motifs is 1. The van der Waals surface area contributed by atoms with Crippen LogP contribution in [0.15, 0.2) is 212 Å². The van der Waals surface area contributed by atoms with Gasteiger partial charge in [0, 0.05) is 28.4 Å². The normalized spacial score (nSPS) is 13.5. The van der Waals surface area contributed by atoms with E-state index in [-0.39, 0.29) is 11.7 Å². The number of hydrogen-bond acceptors (Lipinski definition) is 2. The zero-order valence-corrected chi connectivity index (χ0v) is 32.8. The average Bonchev–Trinajstić information content (AvgIpc) is 3.70. The first kappa shape index (κ1) is 37.6. The van der Waals surface area contributed by atoms with E-state index in [1.807, 2.05) is 0 Å². The van der Waals surface area contributed by atoms with Crippen LogP contribution in [0.1, 0.15) is 52.8 Å². The number of aromatic nitrogens is 1. The van der Waals surface area contributed by atoms with Gasteiger partial charge in [-0.2, -0.15) is 0 Å². The number of Topliss-reactive ketones (excluding diaryl/α,β-unsaturated/α-hetero) is 1. The summed E-state index contributed by atoms with van der Waals surface area (Å²) in [6, 6.07) is 72.8. The quantitative estimate of drug-likeness (QED) is 0.103. The SMILES string of the molecule is CCNC(Cc1c[nH]c2ccccc12)C(=O)C(C(C)C(c1ccccc1)(c1ccccc1)c1ccccc1)C(c1ccccc1)(c1ccccc1)c1ccccc1. The molecule has 0 amide bonds. The van der Waals surface area contributed by atoms with Gasteiger partial charge in [0.05, 0.1) is 11.5 Å². The first-order valence-corrected chi connectivity index (χ1v) is 20.2. The predicted octanol–water partition coefficient (Wildman–Crippen LogP) is 11.6. The summed E-state index contributed by atoms with van der Waals surface area (Å²) in [5.41, 5.74) is 7.23. The van der Waals surface area contributed by atoms with Crippen molar-refractivity contribution in [3.8, 4) is 0 Å². The molecule has 282 valence electrons. The van der Waals surface area contributed by atoms with E-state index in [1.54, 1.807) is 0 Å². The molecule has 3 unspecified atom stereocenters. The van der Waals surface area contributed by atoms with E-state index in [0.29, 0.717) is 13.0 Å². The minimum absolute atomic E-state index is 0.179. The van der Waals surface area contributed by atoms with E-state index < -0.39 is 22.8 Å². The summed E-state index contributed by atoms with van der Waals surface area (Å²) in [6.45, 7) is 5.10. The van der Waals surface area contributed by atoms with Crippen molar-refractivity contribution < 1.29 is 4.79 Å². The Morgan fingerprint density at radius 3 is 1.25 bits per heavy atom. The third-order valence-electron chi connectivity index (χ3n) is 12.2. The highest BCUT2D eigenvalue weighted by atomic mass is 16.1. The van der Waals surface area contributed by atoms with Gasteiger partial charge in [-0.15, -0.1) is 0 Å². The van der Waals surface area contributed by atoms with Gasteiger partial charge in [0.1, 0.15) is 0 Å². The number of carbonyl (C=O) groups is 1. The van der Waals surface area contributed by atoms with Gasteiger partial charge >= 0.3 is 0 Å². The maximum Gasteiger partial charge on any atom is 0.155 e. The van der Waals surface area contributed by atoms with Crippen LogP contribution in [0.3, 0.4) is 0 Å². The highest BCUT2D eigenvalue weighted by Crippen LogP contribution is 2.56. The maximum absolute atomic E-state index is 16.8. The molecule has 0 saturated heterocycles. The molecular formula is C54H50N2O. The Hall–Kier alpha value is -6.29. The van der Waals surface area contributed by atoms with Gasteiger partial charge in [0.2, 0.25) is 0 Å². The topological polar surface area (TPSA) is 44.9 Å². The third kappa shape index (κ3) is 6.83. The fourth-order valence-corrected chi connectivity index (χ4v) is 9.88. The molecule has 0 aliphatic heterocycles. The van der Waals surface area contributed by atoms with Crippen LogP contribution < -0.4 is 5.32 Å². The van der Waals surface area contributed by atoms with E-state index in [9.17, 15) is 0 Å². The largest absolute Gasteiger partial charge is 0.361 e. The molecule has 3 nitrogen and oxygen atoms in total. The highest BCUT2D eigenvalue weighted by Gasteiger charge is 2.57. The first-order chi connectivity index (χ1) is 28.1. The smallest absolute Gasteiger partial charge is 0.155 e. The summed E-state index contributed by atoms with van der Waals surface area (Å²) >= 11 is 0. The van der Waals surface area contributed by atoms with E-state index >= 15 is 4.79 Å². The molecule has 1 aromatic heterocycles. The van der Waals surface area contributed by atoms with Gasteiger partial charge in [0.15, 0.2) is 5.78 Å². The number of carbonyl (C=O) groups excluding carboxylic acids is 1. The molecule has 8 aromatic rings. The Balaban J connectivity index is 1.50. The van der Waals surface area contributed by atoms with Crippen molar-refractivity contribution >= 4 is 16.7 Å². The summed E-state index contributed by atoms with van der Waals surface area (Å²) in [5, 5.41) is 4.90. The molecule has 57 heavy (non-hydrogen) atoms. The molecule has 0 radical (unpaired) electrons. The summed E-state index contributed by atoms with van der Waals surface area (Å²) in [6.07, 6.45) is 2.63. The zero-order chi connectivity index (χ0) is 39.1. The molecule has 0 saturated carbocycles. The number of H-pyrrole nitrogens is 1. The number of benzene rings is 7. The van der Waals surface area contributed by atoms with Crippen LogP contribution in [0.2, 0.25) is 0 Å². The van der Waals surface area contributed by atoms with Crippen LogP contribution >= 0.6 is 0 Å². The molecule has 1 heterocycles. The lowest BCUT2D eigenvalue weighted by molar-refractivity contribution is -0.128. The van der Waals surface area contributed by atoms with Crippen molar-refractivity contribution in [2.24, 2.45) is 11.8 Å². The van der Waals surface area contributed by atoms with Crippen molar-refractivity contribution in [3.63, 3.8) is 0 Å². The van der Waals surface area contributed by atoms with E-state index in [2.05, 4.69) is 237 Å². The van der Waals surface area contributed by atoms with Crippen molar-refractivity contribution in [3.05, 3.63) is 251 Å². The van der Waals surface area contributed by atoms with Crippen LogP contribution in [0.4, 0.5) is 0 Å². The minimum Gasteiger partial charge on any atom is -0.361 e. The number of ketones is 1. The summed E-state index contributed by atoms with van der Waals surface area (Å²) in [4.78, 5) is 20.3. The Morgan fingerprint density at radius 1 is 0.509 bits per heavy atom. The molecular weight excluding hydrogens is 693 g/mol. The minimum atomic E-state index is -0.905. The number of likely N-dealkylation sites (N-methyl/N-ethyl adjacent to an activating group) is 1. The number of aromatic amines is 1. The fourth-order valence-electron chi connectivity index (χ4n) is 9.88. The van der Waals surface area contributed by atoms with Crippen molar-refractivity contribution in [2.75, 3.05) is 6.54 Å². The monoisotopic (exact) mass is 742 g/mol. The molecule has 0 aliphatic carbocycles. The van der Waals surface area contributed by atoms with Gasteiger partial charge in [-0.3, -0.25) is 4.79 Å². The summed E-state index contributed by atoms with van der Waals surface area (Å²) in [7, 11) is 0. The van der Waals surface area contributed by atoms with Gasteiger partial charge < -0.3 is 10.3 Å². The van der Waals surface area contributed by atoms with Gasteiger partial charge in [-0.05, 0) is 63.9 Å². The van der Waals surface area contributed by atoms with E-state index in [0.717, 1.165) is 49.8 Å². The highest BCUT2D eigenvalue weighted by molar-refractivity contribution is 5.92. The predicted molar refractivity (Wildman–Crippen MR) is 236 cm³/mol. The second-order valence-electron chi connectivity index (χ2n) is 15.2. The Labute approximate surface area is 337 Å².